The van der Waals surface area contributed by atoms with Crippen LogP contribution in [0, 0.1) is 0 Å². The number of rotatable bonds is 5. The highest BCUT2D eigenvalue weighted by atomic mass is 32.2. The SMILES string of the molecule is CN1CCN=C(/C=C/c2ccccc2SCc2ccc(C(C)(C)C)cc2)c2ccccc21. The molecule has 0 spiro atoms. The molecule has 3 aromatic carbocycles. The third kappa shape index (κ3) is 5.34. The van der Waals surface area contributed by atoms with E-state index in [2.05, 4.69) is 118 Å². The van der Waals surface area contributed by atoms with Gasteiger partial charge < -0.3 is 4.90 Å². The molecule has 0 saturated carbocycles. The number of benzodiazepines with no additional fused rings is 1. The second-order valence-electron chi connectivity index (χ2n) is 9.31. The molecule has 3 heteroatoms. The van der Waals surface area contributed by atoms with Crippen molar-refractivity contribution in [2.24, 2.45) is 4.99 Å². The average Bonchev–Trinajstić information content (AvgIpc) is 2.95. The number of hydrogen-bond acceptors (Lipinski definition) is 3. The van der Waals surface area contributed by atoms with E-state index in [4.69, 9.17) is 4.99 Å². The molecule has 0 bridgehead atoms. The molecule has 3 aromatic rings. The van der Waals surface area contributed by atoms with E-state index < -0.39 is 0 Å². The summed E-state index contributed by atoms with van der Waals surface area (Å²) in [6.07, 6.45) is 4.39. The minimum atomic E-state index is 0.192. The first-order valence-electron chi connectivity index (χ1n) is 11.3. The van der Waals surface area contributed by atoms with E-state index >= 15 is 0 Å². The first kappa shape index (κ1) is 22.4. The Morgan fingerprint density at radius 1 is 0.906 bits per heavy atom. The predicted octanol–water partition coefficient (Wildman–Crippen LogP) is 7.23. The van der Waals surface area contributed by atoms with E-state index in [1.807, 2.05) is 11.8 Å². The van der Waals surface area contributed by atoms with Gasteiger partial charge in [0.15, 0.2) is 0 Å². The molecule has 2 nitrogen and oxygen atoms in total. The smallest absolute Gasteiger partial charge is 0.0668 e. The molecule has 1 aliphatic heterocycles. The third-order valence-electron chi connectivity index (χ3n) is 5.86. The number of nitrogens with zero attached hydrogens (tertiary/aromatic N) is 2. The maximum absolute atomic E-state index is 4.86. The molecule has 0 radical (unpaired) electrons. The number of allylic oxidation sites excluding steroid dienone is 1. The molecule has 0 fully saturated rings. The zero-order chi connectivity index (χ0) is 22.6. The minimum absolute atomic E-state index is 0.192. The summed E-state index contributed by atoms with van der Waals surface area (Å²) < 4.78 is 0. The zero-order valence-electron chi connectivity index (χ0n) is 19.5. The van der Waals surface area contributed by atoms with Crippen LogP contribution >= 0.6 is 11.8 Å². The van der Waals surface area contributed by atoms with Gasteiger partial charge in [0.2, 0.25) is 0 Å². The van der Waals surface area contributed by atoms with Crippen LogP contribution in [0.2, 0.25) is 0 Å². The van der Waals surface area contributed by atoms with Crippen LogP contribution in [0.5, 0.6) is 0 Å². The highest BCUT2D eigenvalue weighted by molar-refractivity contribution is 7.98. The fourth-order valence-corrected chi connectivity index (χ4v) is 4.86. The third-order valence-corrected chi connectivity index (χ3v) is 7.02. The van der Waals surface area contributed by atoms with E-state index in [0.717, 1.165) is 24.6 Å². The second-order valence-corrected chi connectivity index (χ2v) is 10.3. The number of thioether (sulfide) groups is 1. The summed E-state index contributed by atoms with van der Waals surface area (Å²) >= 11 is 1.89. The van der Waals surface area contributed by atoms with Crippen molar-refractivity contribution in [1.29, 1.82) is 0 Å². The molecular weight excluding hydrogens is 408 g/mol. The van der Waals surface area contributed by atoms with Crippen LogP contribution in [0.1, 0.15) is 43.0 Å². The van der Waals surface area contributed by atoms with Gasteiger partial charge in [0.1, 0.15) is 0 Å². The first-order valence-corrected chi connectivity index (χ1v) is 12.2. The van der Waals surface area contributed by atoms with Crippen molar-refractivity contribution in [1.82, 2.24) is 0 Å². The highest BCUT2D eigenvalue weighted by Crippen LogP contribution is 2.29. The lowest BCUT2D eigenvalue weighted by atomic mass is 9.87. The molecule has 0 aliphatic carbocycles. The normalized spacial score (nSPS) is 14.2. The number of hydrogen-bond donors (Lipinski definition) is 0. The fraction of sp³-hybridized carbons (Fsp3) is 0.276. The number of benzene rings is 3. The molecule has 0 atom stereocenters. The molecule has 0 unspecified atom stereocenters. The molecular formula is C29H32N2S. The zero-order valence-corrected chi connectivity index (χ0v) is 20.3. The number of likely N-dealkylation sites (N-methyl/N-ethyl adjacent to an activating group) is 1. The first-order chi connectivity index (χ1) is 15.4. The topological polar surface area (TPSA) is 15.6 Å². The molecule has 0 amide bonds. The Balaban J connectivity index is 1.51. The average molecular weight is 441 g/mol. The lowest BCUT2D eigenvalue weighted by Gasteiger charge is -2.19. The van der Waals surface area contributed by atoms with Gasteiger partial charge in [-0.05, 0) is 40.3 Å². The Morgan fingerprint density at radius 3 is 2.41 bits per heavy atom. The van der Waals surface area contributed by atoms with Gasteiger partial charge in [0.05, 0.1) is 12.3 Å². The van der Waals surface area contributed by atoms with E-state index in [1.165, 1.54) is 32.8 Å². The van der Waals surface area contributed by atoms with Crippen molar-refractivity contribution in [2.45, 2.75) is 36.8 Å². The second kappa shape index (κ2) is 9.79. The summed E-state index contributed by atoms with van der Waals surface area (Å²) in [4.78, 5) is 8.44. The number of para-hydroxylation sites is 1. The van der Waals surface area contributed by atoms with Gasteiger partial charge in [-0.1, -0.05) is 87.5 Å². The van der Waals surface area contributed by atoms with Gasteiger partial charge in [-0.15, -0.1) is 11.8 Å². The van der Waals surface area contributed by atoms with Crippen molar-refractivity contribution in [2.75, 3.05) is 25.0 Å². The van der Waals surface area contributed by atoms with Crippen molar-refractivity contribution >= 4 is 29.2 Å². The summed E-state index contributed by atoms with van der Waals surface area (Å²) in [5, 5.41) is 0. The monoisotopic (exact) mass is 440 g/mol. The maximum atomic E-state index is 4.86. The minimum Gasteiger partial charge on any atom is -0.372 e. The van der Waals surface area contributed by atoms with Crippen LogP contribution in [0.15, 0.2) is 88.8 Å². The van der Waals surface area contributed by atoms with Crippen LogP contribution < -0.4 is 4.90 Å². The van der Waals surface area contributed by atoms with Gasteiger partial charge in [-0.25, -0.2) is 0 Å². The van der Waals surface area contributed by atoms with Gasteiger partial charge in [-0.3, -0.25) is 4.99 Å². The van der Waals surface area contributed by atoms with Gasteiger partial charge in [0.25, 0.3) is 0 Å². The van der Waals surface area contributed by atoms with Gasteiger partial charge in [0, 0.05) is 35.5 Å². The number of fused-ring (bicyclic) bond motifs is 1. The fourth-order valence-electron chi connectivity index (χ4n) is 3.87. The van der Waals surface area contributed by atoms with Crippen LogP contribution in [0.25, 0.3) is 6.08 Å². The molecule has 1 heterocycles. The Hall–Kier alpha value is -2.78. The van der Waals surface area contributed by atoms with E-state index in [-0.39, 0.29) is 5.41 Å². The van der Waals surface area contributed by atoms with Gasteiger partial charge >= 0.3 is 0 Å². The molecule has 4 rings (SSSR count). The van der Waals surface area contributed by atoms with Crippen LogP contribution in [0.4, 0.5) is 5.69 Å². The van der Waals surface area contributed by atoms with Crippen molar-refractivity contribution in [3.63, 3.8) is 0 Å². The van der Waals surface area contributed by atoms with E-state index in [9.17, 15) is 0 Å². The Morgan fingerprint density at radius 2 is 1.62 bits per heavy atom. The molecule has 0 saturated heterocycles. The van der Waals surface area contributed by atoms with Gasteiger partial charge in [-0.2, -0.15) is 0 Å². The predicted molar refractivity (Wildman–Crippen MR) is 141 cm³/mol. The lowest BCUT2D eigenvalue weighted by Crippen LogP contribution is -2.20. The van der Waals surface area contributed by atoms with E-state index in [0.29, 0.717) is 0 Å². The summed E-state index contributed by atoms with van der Waals surface area (Å²) in [6, 6.07) is 26.2. The van der Waals surface area contributed by atoms with Crippen LogP contribution in [-0.2, 0) is 11.2 Å². The van der Waals surface area contributed by atoms with Crippen molar-refractivity contribution in [3.8, 4) is 0 Å². The van der Waals surface area contributed by atoms with Crippen molar-refractivity contribution in [3.05, 3.63) is 101 Å². The van der Waals surface area contributed by atoms with E-state index in [1.54, 1.807) is 0 Å². The molecule has 1 aliphatic rings. The Kier molecular flexibility index (Phi) is 6.86. The standard InChI is InChI=1S/C29H32N2S/c1-29(2,3)24-16-13-22(14-17-24)21-32-28-12-8-5-9-23(28)15-18-26-25-10-6-7-11-27(25)31(4)20-19-30-26/h5-18H,19-21H2,1-4H3/b18-15+. The Bertz CT molecular complexity index is 1120. The lowest BCUT2D eigenvalue weighted by molar-refractivity contribution is 0.590. The molecule has 0 N–H and O–H groups in total. The Labute approximate surface area is 197 Å². The van der Waals surface area contributed by atoms with Crippen molar-refractivity contribution < 1.29 is 0 Å². The molecule has 164 valence electrons. The van der Waals surface area contributed by atoms with Crippen LogP contribution in [-0.4, -0.2) is 25.8 Å². The highest BCUT2D eigenvalue weighted by Gasteiger charge is 2.14. The molecule has 0 aromatic heterocycles. The largest absolute Gasteiger partial charge is 0.372 e. The summed E-state index contributed by atoms with van der Waals surface area (Å²) in [7, 11) is 2.14. The summed E-state index contributed by atoms with van der Waals surface area (Å²) in [5.74, 6) is 0.962. The number of anilines is 1. The van der Waals surface area contributed by atoms with Crippen LogP contribution in [0.3, 0.4) is 0 Å². The quantitative estimate of drug-likeness (QED) is 0.389. The molecule has 32 heavy (non-hydrogen) atoms. The number of aliphatic imine (C=N–C) groups is 1. The summed E-state index contributed by atoms with van der Waals surface area (Å²) in [6.45, 7) is 8.53. The summed E-state index contributed by atoms with van der Waals surface area (Å²) in [5.41, 5.74) is 7.67. The maximum Gasteiger partial charge on any atom is 0.0668 e.